The Labute approximate surface area is 178 Å². The van der Waals surface area contributed by atoms with Crippen LogP contribution in [0.2, 0.25) is 0 Å². The summed E-state index contributed by atoms with van der Waals surface area (Å²) in [6, 6.07) is 24.8. The van der Waals surface area contributed by atoms with E-state index >= 15 is 0 Å². The van der Waals surface area contributed by atoms with Gasteiger partial charge in [-0.3, -0.25) is 0 Å². The van der Waals surface area contributed by atoms with Crippen molar-refractivity contribution in [2.45, 2.75) is 26.9 Å². The molecule has 0 fully saturated rings. The Kier molecular flexibility index (Phi) is 6.91. The van der Waals surface area contributed by atoms with Crippen LogP contribution in [-0.2, 0) is 9.53 Å². The van der Waals surface area contributed by atoms with E-state index in [-0.39, 0.29) is 12.7 Å². The van der Waals surface area contributed by atoms with Crippen LogP contribution in [0, 0.1) is 13.8 Å². The first-order valence-corrected chi connectivity index (χ1v) is 9.95. The molecule has 4 nitrogen and oxygen atoms in total. The van der Waals surface area contributed by atoms with Crippen molar-refractivity contribution in [2.24, 2.45) is 0 Å². The largest absolute Gasteiger partial charge is 0.490 e. The van der Waals surface area contributed by atoms with E-state index in [1.165, 1.54) is 11.1 Å². The molecule has 0 aliphatic carbocycles. The van der Waals surface area contributed by atoms with Gasteiger partial charge in [-0.25, -0.2) is 4.79 Å². The highest BCUT2D eigenvalue weighted by molar-refractivity contribution is 5.81. The molecule has 0 saturated heterocycles. The van der Waals surface area contributed by atoms with Crippen LogP contribution in [0.3, 0.4) is 0 Å². The van der Waals surface area contributed by atoms with Gasteiger partial charge in [-0.15, -0.1) is 0 Å². The van der Waals surface area contributed by atoms with E-state index in [1.54, 1.807) is 6.92 Å². The van der Waals surface area contributed by atoms with Gasteiger partial charge in [0.2, 0.25) is 0 Å². The highest BCUT2D eigenvalue weighted by atomic mass is 16.6. The molecule has 0 aliphatic rings. The van der Waals surface area contributed by atoms with Crippen molar-refractivity contribution >= 4 is 23.0 Å². The topological polar surface area (TPSA) is 38.8 Å². The molecule has 1 unspecified atom stereocenters. The minimum atomic E-state index is -0.451. The Morgan fingerprint density at radius 1 is 0.867 bits per heavy atom. The number of anilines is 3. The lowest BCUT2D eigenvalue weighted by Gasteiger charge is -2.26. The van der Waals surface area contributed by atoms with Gasteiger partial charge in [-0.1, -0.05) is 42.0 Å². The molecule has 3 aromatic rings. The minimum absolute atomic E-state index is 0.276. The molecule has 3 rings (SSSR count). The van der Waals surface area contributed by atoms with Crippen LogP contribution in [0.25, 0.3) is 0 Å². The van der Waals surface area contributed by atoms with Crippen molar-refractivity contribution in [3.63, 3.8) is 0 Å². The van der Waals surface area contributed by atoms with Crippen LogP contribution in [0.4, 0.5) is 17.1 Å². The second-order valence-corrected chi connectivity index (χ2v) is 7.26. The number of aryl methyl sites for hydroxylation is 2. The van der Waals surface area contributed by atoms with E-state index in [0.29, 0.717) is 5.75 Å². The van der Waals surface area contributed by atoms with Gasteiger partial charge in [-0.05, 0) is 69.3 Å². The van der Waals surface area contributed by atoms with Crippen LogP contribution in [0.5, 0.6) is 5.75 Å². The third-order valence-electron chi connectivity index (χ3n) is 4.65. The Morgan fingerprint density at radius 3 is 1.73 bits per heavy atom. The van der Waals surface area contributed by atoms with Crippen molar-refractivity contribution in [1.82, 2.24) is 0 Å². The highest BCUT2D eigenvalue weighted by Crippen LogP contribution is 2.35. The van der Waals surface area contributed by atoms with Gasteiger partial charge >= 0.3 is 5.97 Å². The summed E-state index contributed by atoms with van der Waals surface area (Å²) in [6.45, 7) is 9.62. The minimum Gasteiger partial charge on any atom is -0.490 e. The number of esters is 1. The fraction of sp³-hybridized carbons (Fsp3) is 0.192. The molecule has 30 heavy (non-hydrogen) atoms. The molecule has 0 N–H and O–H groups in total. The van der Waals surface area contributed by atoms with Crippen molar-refractivity contribution in [3.05, 3.63) is 96.6 Å². The van der Waals surface area contributed by atoms with E-state index in [4.69, 9.17) is 9.47 Å². The molecule has 0 aromatic heterocycles. The summed E-state index contributed by atoms with van der Waals surface area (Å²) in [4.78, 5) is 13.5. The summed E-state index contributed by atoms with van der Waals surface area (Å²) >= 11 is 0. The number of ether oxygens (including phenoxy) is 2. The Morgan fingerprint density at radius 2 is 1.30 bits per heavy atom. The molecule has 4 heteroatoms. The van der Waals surface area contributed by atoms with Crippen molar-refractivity contribution < 1.29 is 14.3 Å². The predicted octanol–water partition coefficient (Wildman–Crippen LogP) is 6.27. The Balaban J connectivity index is 1.80. The van der Waals surface area contributed by atoms with Crippen LogP contribution < -0.4 is 9.64 Å². The average molecular weight is 402 g/mol. The summed E-state index contributed by atoms with van der Waals surface area (Å²) in [7, 11) is 0. The molecule has 3 aromatic carbocycles. The quantitative estimate of drug-likeness (QED) is 0.329. The zero-order chi connectivity index (χ0) is 21.5. The van der Waals surface area contributed by atoms with Gasteiger partial charge in [0.05, 0.1) is 0 Å². The number of nitrogens with zero attached hydrogens (tertiary/aromatic N) is 1. The van der Waals surface area contributed by atoms with Gasteiger partial charge in [0.1, 0.15) is 18.5 Å². The van der Waals surface area contributed by atoms with E-state index in [9.17, 15) is 4.79 Å². The monoisotopic (exact) mass is 401 g/mol. The summed E-state index contributed by atoms with van der Waals surface area (Å²) in [5.41, 5.74) is 5.64. The first kappa shape index (κ1) is 21.2. The summed E-state index contributed by atoms with van der Waals surface area (Å²) < 4.78 is 10.9. The number of carbonyl (C=O) groups is 1. The van der Waals surface area contributed by atoms with Crippen molar-refractivity contribution in [3.8, 4) is 5.75 Å². The van der Waals surface area contributed by atoms with E-state index in [2.05, 4.69) is 73.9 Å². The molecule has 1 atom stereocenters. The van der Waals surface area contributed by atoms with Crippen molar-refractivity contribution in [2.75, 3.05) is 11.5 Å². The lowest BCUT2D eigenvalue weighted by molar-refractivity contribution is -0.143. The summed E-state index contributed by atoms with van der Waals surface area (Å²) in [6.07, 6.45) is 0.794. The SMILES string of the molecule is C=CC(=O)OC(C)COc1ccc(N(c2ccc(C)cc2)c2ccc(C)cc2)cc1. The lowest BCUT2D eigenvalue weighted by Crippen LogP contribution is -2.20. The smallest absolute Gasteiger partial charge is 0.330 e. The zero-order valence-corrected chi connectivity index (χ0v) is 17.7. The van der Waals surface area contributed by atoms with Gasteiger partial charge < -0.3 is 14.4 Å². The lowest BCUT2D eigenvalue weighted by atomic mass is 10.1. The molecule has 0 amide bonds. The fourth-order valence-corrected chi connectivity index (χ4v) is 3.02. The molecule has 0 saturated carbocycles. The van der Waals surface area contributed by atoms with Crippen LogP contribution in [-0.4, -0.2) is 18.7 Å². The molecule has 0 heterocycles. The maximum atomic E-state index is 11.3. The zero-order valence-electron chi connectivity index (χ0n) is 17.7. The number of carbonyl (C=O) groups excluding carboxylic acids is 1. The first-order chi connectivity index (χ1) is 14.5. The van der Waals surface area contributed by atoms with Crippen molar-refractivity contribution in [1.29, 1.82) is 0 Å². The molecular formula is C26H27NO3. The number of benzene rings is 3. The Hall–Kier alpha value is -3.53. The molecule has 0 bridgehead atoms. The standard InChI is InChI=1S/C26H27NO3/c1-5-26(28)30-21(4)18-29-25-16-14-24(15-17-25)27(22-10-6-19(2)7-11-22)23-12-8-20(3)9-13-23/h5-17,21H,1,18H2,2-4H3. The first-order valence-electron chi connectivity index (χ1n) is 9.95. The van der Waals surface area contributed by atoms with E-state index < -0.39 is 5.97 Å². The summed E-state index contributed by atoms with van der Waals surface area (Å²) in [5, 5.41) is 0. The molecular weight excluding hydrogens is 374 g/mol. The molecule has 0 radical (unpaired) electrons. The second-order valence-electron chi connectivity index (χ2n) is 7.26. The highest BCUT2D eigenvalue weighted by Gasteiger charge is 2.13. The predicted molar refractivity (Wildman–Crippen MR) is 122 cm³/mol. The molecule has 0 spiro atoms. The second kappa shape index (κ2) is 9.79. The molecule has 154 valence electrons. The van der Waals surface area contributed by atoms with Gasteiger partial charge in [0.25, 0.3) is 0 Å². The average Bonchev–Trinajstić information content (AvgIpc) is 2.76. The number of hydrogen-bond acceptors (Lipinski definition) is 4. The van der Waals surface area contributed by atoms with Gasteiger partial charge in [-0.2, -0.15) is 0 Å². The third-order valence-corrected chi connectivity index (χ3v) is 4.65. The van der Waals surface area contributed by atoms with Crippen LogP contribution >= 0.6 is 0 Å². The summed E-state index contributed by atoms with van der Waals surface area (Å²) in [5.74, 6) is 0.265. The maximum absolute atomic E-state index is 11.3. The van der Waals surface area contributed by atoms with Gasteiger partial charge in [0.15, 0.2) is 0 Å². The fourth-order valence-electron chi connectivity index (χ4n) is 3.02. The van der Waals surface area contributed by atoms with Crippen LogP contribution in [0.1, 0.15) is 18.1 Å². The van der Waals surface area contributed by atoms with Crippen LogP contribution in [0.15, 0.2) is 85.5 Å². The number of hydrogen-bond donors (Lipinski definition) is 0. The number of rotatable bonds is 8. The normalized spacial score (nSPS) is 11.4. The molecule has 0 aliphatic heterocycles. The third kappa shape index (κ3) is 5.51. The Bertz CT molecular complexity index is 931. The van der Waals surface area contributed by atoms with E-state index in [0.717, 1.165) is 23.1 Å². The van der Waals surface area contributed by atoms with Gasteiger partial charge in [0, 0.05) is 23.1 Å². The maximum Gasteiger partial charge on any atom is 0.330 e. The van der Waals surface area contributed by atoms with E-state index in [1.807, 2.05) is 24.3 Å².